The normalized spacial score (nSPS) is 27.0. The minimum absolute atomic E-state index is 0.140. The lowest BCUT2D eigenvalue weighted by molar-refractivity contribution is 0.486. The van der Waals surface area contributed by atoms with E-state index < -0.39 is 9.84 Å². The molecule has 2 atom stereocenters. The molecule has 2 unspecified atom stereocenters. The van der Waals surface area contributed by atoms with Gasteiger partial charge in [-0.3, -0.25) is 0 Å². The molecule has 1 aliphatic heterocycles. The van der Waals surface area contributed by atoms with Crippen LogP contribution in [-0.2, 0) is 9.84 Å². The molecule has 0 saturated carbocycles. The monoisotopic (exact) mass is 216 g/mol. The average Bonchev–Trinajstić information content (AvgIpc) is 2.47. The summed E-state index contributed by atoms with van der Waals surface area (Å²) in [6, 6.07) is 2.00. The predicted molar refractivity (Wildman–Crippen MR) is 54.5 cm³/mol. The molecule has 0 bridgehead atoms. The first-order valence-electron chi connectivity index (χ1n) is 4.91. The van der Waals surface area contributed by atoms with Crippen molar-refractivity contribution in [1.82, 2.24) is 5.32 Å². The van der Waals surface area contributed by atoms with Crippen LogP contribution in [0.3, 0.4) is 0 Å². The van der Waals surface area contributed by atoms with Gasteiger partial charge in [0.25, 0.3) is 0 Å². The summed E-state index contributed by atoms with van der Waals surface area (Å²) in [4.78, 5) is 0. The van der Waals surface area contributed by atoms with Crippen molar-refractivity contribution in [3.63, 3.8) is 0 Å². The van der Waals surface area contributed by atoms with Gasteiger partial charge in [0.2, 0.25) is 0 Å². The van der Waals surface area contributed by atoms with Gasteiger partial charge in [-0.1, -0.05) is 6.92 Å². The Labute approximate surface area is 85.2 Å². The lowest BCUT2D eigenvalue weighted by Crippen LogP contribution is -2.32. The summed E-state index contributed by atoms with van der Waals surface area (Å²) < 4.78 is 22.3. The molecule has 4 nitrogen and oxygen atoms in total. The maximum atomic E-state index is 11.1. The third-order valence-corrected chi connectivity index (χ3v) is 4.38. The van der Waals surface area contributed by atoms with E-state index in [0.717, 1.165) is 12.8 Å². The molecule has 0 aliphatic carbocycles. The van der Waals surface area contributed by atoms with Crippen molar-refractivity contribution < 1.29 is 8.42 Å². The molecule has 0 spiro atoms. The Morgan fingerprint density at radius 2 is 2.36 bits per heavy atom. The maximum absolute atomic E-state index is 11.1. The Bertz CT molecular complexity index is 318. The fourth-order valence-corrected chi connectivity index (χ4v) is 3.49. The van der Waals surface area contributed by atoms with Crippen molar-refractivity contribution in [3.05, 3.63) is 0 Å². The fourth-order valence-electron chi connectivity index (χ4n) is 1.62. The number of nitrogens with one attached hydrogen (secondary N) is 1. The summed E-state index contributed by atoms with van der Waals surface area (Å²) in [5.74, 6) is 0.785. The van der Waals surface area contributed by atoms with E-state index in [0.29, 0.717) is 12.3 Å². The standard InChI is InChI=1S/C9H16N2O2S/c1-2-9(5-10)11-6-8-3-4-14(12,13)7-8/h8-9,11H,2-4,6-7H2,1H3. The van der Waals surface area contributed by atoms with Crippen LogP contribution in [0.15, 0.2) is 0 Å². The van der Waals surface area contributed by atoms with Crippen LogP contribution in [0.4, 0.5) is 0 Å². The molecule has 1 aliphatic rings. The number of nitrogens with zero attached hydrogens (tertiary/aromatic N) is 1. The summed E-state index contributed by atoms with van der Waals surface area (Å²) in [5, 5.41) is 11.7. The summed E-state index contributed by atoms with van der Waals surface area (Å²) >= 11 is 0. The van der Waals surface area contributed by atoms with E-state index in [1.165, 1.54) is 0 Å². The van der Waals surface area contributed by atoms with Crippen LogP contribution in [0.1, 0.15) is 19.8 Å². The second-order valence-electron chi connectivity index (χ2n) is 3.77. The summed E-state index contributed by atoms with van der Waals surface area (Å²) in [6.45, 7) is 2.58. The van der Waals surface area contributed by atoms with E-state index in [4.69, 9.17) is 5.26 Å². The second-order valence-corrected chi connectivity index (χ2v) is 6.00. The first-order chi connectivity index (χ1) is 6.57. The van der Waals surface area contributed by atoms with Gasteiger partial charge in [0.1, 0.15) is 0 Å². The highest BCUT2D eigenvalue weighted by molar-refractivity contribution is 7.91. The Kier molecular flexibility index (Phi) is 3.90. The van der Waals surface area contributed by atoms with Gasteiger partial charge in [0.05, 0.1) is 23.6 Å². The zero-order chi connectivity index (χ0) is 10.6. The van der Waals surface area contributed by atoms with Crippen LogP contribution in [0.2, 0.25) is 0 Å². The van der Waals surface area contributed by atoms with Gasteiger partial charge in [-0.15, -0.1) is 0 Å². The maximum Gasteiger partial charge on any atom is 0.150 e. The van der Waals surface area contributed by atoms with Crippen molar-refractivity contribution in [2.75, 3.05) is 18.1 Å². The van der Waals surface area contributed by atoms with Crippen molar-refractivity contribution >= 4 is 9.84 Å². The van der Waals surface area contributed by atoms with E-state index >= 15 is 0 Å². The Hall–Kier alpha value is -0.600. The van der Waals surface area contributed by atoms with Crippen molar-refractivity contribution in [3.8, 4) is 6.07 Å². The zero-order valence-corrected chi connectivity index (χ0v) is 9.18. The van der Waals surface area contributed by atoms with Crippen molar-refractivity contribution in [2.24, 2.45) is 5.92 Å². The largest absolute Gasteiger partial charge is 0.302 e. The van der Waals surface area contributed by atoms with Crippen LogP contribution in [0.5, 0.6) is 0 Å². The quantitative estimate of drug-likeness (QED) is 0.734. The van der Waals surface area contributed by atoms with Crippen molar-refractivity contribution in [1.29, 1.82) is 5.26 Å². The lowest BCUT2D eigenvalue weighted by Gasteiger charge is -2.12. The molecule has 0 radical (unpaired) electrons. The molecule has 0 aromatic heterocycles. The van der Waals surface area contributed by atoms with Crippen LogP contribution in [0, 0.1) is 17.2 Å². The summed E-state index contributed by atoms with van der Waals surface area (Å²) in [7, 11) is -2.78. The lowest BCUT2D eigenvalue weighted by atomic mass is 10.1. The molecule has 1 N–H and O–H groups in total. The first-order valence-corrected chi connectivity index (χ1v) is 6.73. The average molecular weight is 216 g/mol. The van der Waals surface area contributed by atoms with E-state index in [9.17, 15) is 8.42 Å². The fraction of sp³-hybridized carbons (Fsp3) is 0.889. The predicted octanol–water partition coefficient (Wildman–Crippen LogP) is 0.313. The molecular formula is C9H16N2O2S. The molecular weight excluding hydrogens is 200 g/mol. The van der Waals surface area contributed by atoms with Crippen LogP contribution in [0.25, 0.3) is 0 Å². The van der Waals surface area contributed by atoms with E-state index in [1.807, 2.05) is 6.92 Å². The first kappa shape index (κ1) is 11.5. The number of hydrogen-bond donors (Lipinski definition) is 1. The highest BCUT2D eigenvalue weighted by Gasteiger charge is 2.27. The van der Waals surface area contributed by atoms with Gasteiger partial charge in [0.15, 0.2) is 9.84 Å². The number of sulfone groups is 1. The zero-order valence-electron chi connectivity index (χ0n) is 8.36. The summed E-state index contributed by atoms with van der Waals surface area (Å²) in [5.41, 5.74) is 0. The SMILES string of the molecule is CCC(C#N)NCC1CCS(=O)(=O)C1. The van der Waals surface area contributed by atoms with Crippen LogP contribution < -0.4 is 5.32 Å². The third kappa shape index (κ3) is 3.28. The number of hydrogen-bond acceptors (Lipinski definition) is 4. The van der Waals surface area contributed by atoms with E-state index in [2.05, 4.69) is 11.4 Å². The van der Waals surface area contributed by atoms with Gasteiger partial charge in [0, 0.05) is 6.54 Å². The number of rotatable bonds is 4. The Morgan fingerprint density at radius 1 is 1.64 bits per heavy atom. The third-order valence-electron chi connectivity index (χ3n) is 2.54. The Morgan fingerprint density at radius 3 is 2.79 bits per heavy atom. The summed E-state index contributed by atoms with van der Waals surface area (Å²) in [6.07, 6.45) is 1.49. The van der Waals surface area contributed by atoms with Gasteiger partial charge in [-0.25, -0.2) is 8.42 Å². The van der Waals surface area contributed by atoms with Gasteiger partial charge in [-0.2, -0.15) is 5.26 Å². The van der Waals surface area contributed by atoms with Gasteiger partial charge in [-0.05, 0) is 18.8 Å². The highest BCUT2D eigenvalue weighted by Crippen LogP contribution is 2.17. The molecule has 80 valence electrons. The molecule has 5 heteroatoms. The van der Waals surface area contributed by atoms with Crippen LogP contribution in [-0.4, -0.2) is 32.5 Å². The van der Waals surface area contributed by atoms with E-state index in [1.54, 1.807) is 0 Å². The molecule has 1 rings (SSSR count). The van der Waals surface area contributed by atoms with Gasteiger partial charge < -0.3 is 5.32 Å². The highest BCUT2D eigenvalue weighted by atomic mass is 32.2. The second kappa shape index (κ2) is 4.76. The molecule has 1 heterocycles. The smallest absolute Gasteiger partial charge is 0.150 e. The molecule has 0 aromatic rings. The minimum Gasteiger partial charge on any atom is -0.302 e. The number of nitriles is 1. The molecule has 0 aromatic carbocycles. The van der Waals surface area contributed by atoms with Crippen LogP contribution >= 0.6 is 0 Å². The Balaban J connectivity index is 2.31. The minimum atomic E-state index is -2.78. The molecule has 1 saturated heterocycles. The topological polar surface area (TPSA) is 70.0 Å². The van der Waals surface area contributed by atoms with Gasteiger partial charge >= 0.3 is 0 Å². The van der Waals surface area contributed by atoms with Crippen molar-refractivity contribution in [2.45, 2.75) is 25.8 Å². The van der Waals surface area contributed by atoms with E-state index in [-0.39, 0.29) is 17.7 Å². The molecule has 1 fully saturated rings. The molecule has 0 amide bonds. The molecule has 14 heavy (non-hydrogen) atoms.